The number of esters is 1. The quantitative estimate of drug-likeness (QED) is 0.317. The van der Waals surface area contributed by atoms with Gasteiger partial charge in [-0.15, -0.1) is 0 Å². The van der Waals surface area contributed by atoms with Gasteiger partial charge in [0.2, 0.25) is 12.3 Å². The summed E-state index contributed by atoms with van der Waals surface area (Å²) in [4.78, 5) is 28.3. The fourth-order valence-electron chi connectivity index (χ4n) is 3.52. The van der Waals surface area contributed by atoms with E-state index in [9.17, 15) is 24.5 Å². The van der Waals surface area contributed by atoms with Crippen molar-refractivity contribution in [2.75, 3.05) is 26.5 Å². The zero-order chi connectivity index (χ0) is 28.4. The minimum Gasteiger partial charge on any atom is -0.463 e. The van der Waals surface area contributed by atoms with Crippen molar-refractivity contribution in [1.82, 2.24) is 9.88 Å². The topological polar surface area (TPSA) is 142 Å². The van der Waals surface area contributed by atoms with E-state index in [0.29, 0.717) is 16.2 Å². The normalized spacial score (nSPS) is 14.4. The molecule has 0 saturated carbocycles. The third kappa shape index (κ3) is 7.34. The molecular weight excluding hydrogens is 509 g/mol. The fourth-order valence-corrected chi connectivity index (χ4v) is 4.56. The molecule has 0 bridgehead atoms. The number of halogens is 1. The monoisotopic (exact) mass is 537 g/mol. The van der Waals surface area contributed by atoms with Crippen LogP contribution in [0.2, 0.25) is 0 Å². The number of carbonyl (C=O) groups excluding carboxylic acids is 2. The van der Waals surface area contributed by atoms with Gasteiger partial charge >= 0.3 is 5.97 Å². The molecule has 1 aliphatic rings. The van der Waals surface area contributed by atoms with Crippen molar-refractivity contribution in [3.63, 3.8) is 0 Å². The number of hydrogen-bond donors (Lipinski definition) is 1. The van der Waals surface area contributed by atoms with Crippen molar-refractivity contribution in [3.05, 3.63) is 81.3 Å². The summed E-state index contributed by atoms with van der Waals surface area (Å²) < 4.78 is 24.5. The van der Waals surface area contributed by atoms with E-state index < -0.39 is 17.7 Å². The maximum atomic E-state index is 13.5. The predicted octanol–water partition coefficient (Wildman–Crippen LogP) is 3.83. The maximum Gasteiger partial charge on any atom is 0.338 e. The Morgan fingerprint density at radius 2 is 1.89 bits per heavy atom. The molecule has 1 aliphatic heterocycles. The zero-order valence-corrected chi connectivity index (χ0v) is 22.6. The lowest BCUT2D eigenvalue weighted by Gasteiger charge is -2.28. The summed E-state index contributed by atoms with van der Waals surface area (Å²) in [6, 6.07) is 11.4. The molecule has 38 heavy (non-hydrogen) atoms. The van der Waals surface area contributed by atoms with Gasteiger partial charge in [0, 0.05) is 19.8 Å². The third-order valence-electron chi connectivity index (χ3n) is 5.17. The van der Waals surface area contributed by atoms with E-state index >= 15 is 0 Å². The van der Waals surface area contributed by atoms with E-state index in [1.54, 1.807) is 21.0 Å². The average Bonchev–Trinajstić information content (AvgIpc) is 2.87. The summed E-state index contributed by atoms with van der Waals surface area (Å²) in [6.07, 6.45) is 0.750. The maximum absolute atomic E-state index is 13.5. The number of benzene rings is 1. The molecular formula is C27H28FN5O4S. The van der Waals surface area contributed by atoms with E-state index in [-0.39, 0.29) is 35.1 Å². The zero-order valence-electron chi connectivity index (χ0n) is 21.7. The van der Waals surface area contributed by atoms with Crippen molar-refractivity contribution < 1.29 is 23.5 Å². The van der Waals surface area contributed by atoms with Crippen molar-refractivity contribution in [2.24, 2.45) is 5.73 Å². The van der Waals surface area contributed by atoms with Gasteiger partial charge in [0.15, 0.2) is 0 Å². The number of aryl methyl sites for hydroxylation is 2. The number of rotatable bonds is 7. The molecule has 0 radical (unpaired) electrons. The smallest absolute Gasteiger partial charge is 0.338 e. The van der Waals surface area contributed by atoms with Crippen molar-refractivity contribution >= 4 is 24.1 Å². The second-order valence-electron chi connectivity index (χ2n) is 8.26. The molecule has 1 aromatic heterocycles. The van der Waals surface area contributed by atoms with Crippen LogP contribution in [0.3, 0.4) is 0 Å². The Balaban J connectivity index is 0.000000926. The number of aromatic nitrogens is 1. The van der Waals surface area contributed by atoms with E-state index in [4.69, 9.17) is 15.2 Å². The van der Waals surface area contributed by atoms with Gasteiger partial charge in [0.1, 0.15) is 34.3 Å². The molecule has 0 spiro atoms. The first kappa shape index (κ1) is 29.9. The molecule has 2 aromatic rings. The molecule has 9 nitrogen and oxygen atoms in total. The van der Waals surface area contributed by atoms with Gasteiger partial charge in [0.25, 0.3) is 0 Å². The number of nitrogens with two attached hydrogens (primary N) is 1. The molecule has 1 amide bonds. The minimum atomic E-state index is -0.887. The average molecular weight is 538 g/mol. The molecule has 2 N–H and O–H groups in total. The number of allylic oxidation sites excluding steroid dienone is 1. The molecule has 2 heterocycles. The van der Waals surface area contributed by atoms with E-state index in [2.05, 4.69) is 11.1 Å². The van der Waals surface area contributed by atoms with Crippen LogP contribution < -0.4 is 5.73 Å². The van der Waals surface area contributed by atoms with E-state index in [1.165, 1.54) is 40.9 Å². The summed E-state index contributed by atoms with van der Waals surface area (Å²) >= 11 is 1.21. The molecule has 0 aliphatic carbocycles. The molecule has 0 saturated heterocycles. The highest BCUT2D eigenvalue weighted by atomic mass is 32.2. The number of carbonyl (C=O) groups is 2. The Kier molecular flexibility index (Phi) is 10.9. The summed E-state index contributed by atoms with van der Waals surface area (Å²) in [5.41, 5.74) is 8.62. The number of nitriles is 2. The van der Waals surface area contributed by atoms with Gasteiger partial charge in [-0.05, 0) is 50.1 Å². The number of hydrogen-bond acceptors (Lipinski definition) is 9. The summed E-state index contributed by atoms with van der Waals surface area (Å²) in [5, 5.41) is 19.8. The number of pyridine rings is 1. The Morgan fingerprint density at radius 1 is 1.26 bits per heavy atom. The van der Waals surface area contributed by atoms with Gasteiger partial charge in [-0.1, -0.05) is 23.9 Å². The standard InChI is InChI=1S/C24H21FN4O3S.C3H7NO/c1-4-31-24(30)21-19(12-33-23-17(10-26)13(2)9-14(3)29-23)32-22(28)18(11-27)20(21)15-5-7-16(25)8-6-15;1-4(2)3-5/h5-9,20H,4,12,28H2,1-3H3;3H,1-2H3. The van der Waals surface area contributed by atoms with Crippen molar-refractivity contribution in [2.45, 2.75) is 31.7 Å². The SMILES string of the molecule is CCOC(=O)C1=C(CSc2nc(C)cc(C)c2C#N)OC(N)=C(C#N)C1c1ccc(F)cc1.CN(C)C=O. The second kappa shape index (κ2) is 13.8. The van der Waals surface area contributed by atoms with Gasteiger partial charge in [-0.2, -0.15) is 10.5 Å². The number of ether oxygens (including phenoxy) is 2. The number of amides is 1. The first-order chi connectivity index (χ1) is 18.1. The Labute approximate surface area is 225 Å². The van der Waals surface area contributed by atoms with Crippen LogP contribution in [0.15, 0.2) is 58.1 Å². The Morgan fingerprint density at radius 3 is 2.42 bits per heavy atom. The number of thioether (sulfide) groups is 1. The third-order valence-corrected chi connectivity index (χ3v) is 6.14. The molecule has 1 atom stereocenters. The van der Waals surface area contributed by atoms with Crippen molar-refractivity contribution in [1.29, 1.82) is 10.5 Å². The second-order valence-corrected chi connectivity index (χ2v) is 9.23. The summed E-state index contributed by atoms with van der Waals surface area (Å²) in [5.74, 6) is -1.86. The van der Waals surface area contributed by atoms with Crippen LogP contribution in [-0.2, 0) is 19.1 Å². The first-order valence-electron chi connectivity index (χ1n) is 11.4. The molecule has 1 aromatic carbocycles. The highest BCUT2D eigenvalue weighted by molar-refractivity contribution is 7.99. The van der Waals surface area contributed by atoms with Crippen LogP contribution in [-0.4, -0.2) is 48.7 Å². The fraction of sp³-hybridized carbons (Fsp3) is 0.296. The molecule has 0 fully saturated rings. The predicted molar refractivity (Wildman–Crippen MR) is 140 cm³/mol. The van der Waals surface area contributed by atoms with Gasteiger partial charge < -0.3 is 20.1 Å². The van der Waals surface area contributed by atoms with Crippen LogP contribution in [0.1, 0.15) is 35.2 Å². The highest BCUT2D eigenvalue weighted by Gasteiger charge is 2.37. The molecule has 11 heteroatoms. The minimum absolute atomic E-state index is 0.0284. The molecule has 1 unspecified atom stereocenters. The first-order valence-corrected chi connectivity index (χ1v) is 12.4. The van der Waals surface area contributed by atoms with Gasteiger partial charge in [0.05, 0.1) is 29.4 Å². The lowest BCUT2D eigenvalue weighted by atomic mass is 9.83. The Bertz CT molecular complexity index is 1340. The van der Waals surface area contributed by atoms with Crippen LogP contribution in [0.25, 0.3) is 0 Å². The summed E-state index contributed by atoms with van der Waals surface area (Å²) in [7, 11) is 3.38. The number of nitrogens with zero attached hydrogens (tertiary/aromatic N) is 4. The van der Waals surface area contributed by atoms with Crippen LogP contribution >= 0.6 is 11.8 Å². The molecule has 198 valence electrons. The van der Waals surface area contributed by atoms with Crippen molar-refractivity contribution in [3.8, 4) is 12.1 Å². The van der Waals surface area contributed by atoms with E-state index in [0.717, 1.165) is 17.7 Å². The van der Waals surface area contributed by atoms with E-state index in [1.807, 2.05) is 26.0 Å². The van der Waals surface area contributed by atoms with Crippen LogP contribution in [0.5, 0.6) is 0 Å². The van der Waals surface area contributed by atoms with Crippen LogP contribution in [0, 0.1) is 42.3 Å². The van der Waals surface area contributed by atoms with Gasteiger partial charge in [-0.3, -0.25) is 4.79 Å². The largest absolute Gasteiger partial charge is 0.463 e. The van der Waals surface area contributed by atoms with Gasteiger partial charge in [-0.25, -0.2) is 14.2 Å². The van der Waals surface area contributed by atoms with Crippen LogP contribution in [0.4, 0.5) is 4.39 Å². The lowest BCUT2D eigenvalue weighted by Crippen LogP contribution is -2.27. The Hall–Kier alpha value is -4.35. The molecule has 3 rings (SSSR count). The highest BCUT2D eigenvalue weighted by Crippen LogP contribution is 2.41. The lowest BCUT2D eigenvalue weighted by molar-refractivity contribution is -0.139. The summed E-state index contributed by atoms with van der Waals surface area (Å²) in [6.45, 7) is 5.42.